The second kappa shape index (κ2) is 4.24. The standard InChI is InChI=1S/C17H23N3/c1-12-6-7-13-8-9-17(15(13)10-12)11-19-16(18)20(17)14-4-2-3-5-14/h6-7,10,14H,2-5,8-9,11H2,1H3,(H2,18,19). The van der Waals surface area contributed by atoms with Gasteiger partial charge >= 0.3 is 0 Å². The number of hydrogen-bond donors (Lipinski definition) is 1. The zero-order valence-corrected chi connectivity index (χ0v) is 12.2. The quantitative estimate of drug-likeness (QED) is 0.851. The molecule has 0 radical (unpaired) electrons. The fraction of sp³-hybridized carbons (Fsp3) is 0.588. The average molecular weight is 269 g/mol. The fourth-order valence-electron chi connectivity index (χ4n) is 4.51. The van der Waals surface area contributed by atoms with Gasteiger partial charge in [-0.2, -0.15) is 0 Å². The summed E-state index contributed by atoms with van der Waals surface area (Å²) in [4.78, 5) is 7.14. The summed E-state index contributed by atoms with van der Waals surface area (Å²) in [6.45, 7) is 3.04. The number of aryl methyl sites for hydroxylation is 2. The first kappa shape index (κ1) is 12.2. The van der Waals surface area contributed by atoms with Crippen molar-refractivity contribution in [1.29, 1.82) is 0 Å². The van der Waals surface area contributed by atoms with Crippen LogP contribution in [0, 0.1) is 6.92 Å². The monoisotopic (exact) mass is 269 g/mol. The molecule has 1 aromatic rings. The van der Waals surface area contributed by atoms with Gasteiger partial charge in [-0.3, -0.25) is 4.99 Å². The van der Waals surface area contributed by atoms with Crippen LogP contribution < -0.4 is 5.73 Å². The molecule has 3 heteroatoms. The van der Waals surface area contributed by atoms with Crippen LogP contribution in [-0.4, -0.2) is 23.4 Å². The minimum atomic E-state index is 0.0699. The van der Waals surface area contributed by atoms with Gasteiger partial charge in [0.25, 0.3) is 0 Å². The maximum atomic E-state index is 6.28. The van der Waals surface area contributed by atoms with Gasteiger partial charge in [-0.25, -0.2) is 0 Å². The van der Waals surface area contributed by atoms with E-state index in [0.29, 0.717) is 6.04 Å². The van der Waals surface area contributed by atoms with Crippen molar-refractivity contribution in [2.24, 2.45) is 10.7 Å². The molecule has 1 unspecified atom stereocenters. The Labute approximate surface area is 120 Å². The van der Waals surface area contributed by atoms with Crippen LogP contribution in [0.5, 0.6) is 0 Å². The molecule has 1 aliphatic heterocycles. The van der Waals surface area contributed by atoms with E-state index < -0.39 is 0 Å². The minimum Gasteiger partial charge on any atom is -0.370 e. The molecule has 1 saturated carbocycles. The molecule has 4 rings (SSSR count). The molecule has 0 bridgehead atoms. The topological polar surface area (TPSA) is 41.6 Å². The number of guanidine groups is 1. The van der Waals surface area contributed by atoms with Crippen molar-refractivity contribution < 1.29 is 0 Å². The number of aliphatic imine (C=N–C) groups is 1. The van der Waals surface area contributed by atoms with Crippen LogP contribution >= 0.6 is 0 Å². The van der Waals surface area contributed by atoms with Crippen LogP contribution in [-0.2, 0) is 12.0 Å². The van der Waals surface area contributed by atoms with Gasteiger partial charge in [-0.05, 0) is 43.7 Å². The van der Waals surface area contributed by atoms with Gasteiger partial charge < -0.3 is 10.6 Å². The lowest BCUT2D eigenvalue weighted by molar-refractivity contribution is 0.149. The Morgan fingerprint density at radius 2 is 2.10 bits per heavy atom. The number of nitrogens with zero attached hydrogens (tertiary/aromatic N) is 2. The van der Waals surface area contributed by atoms with E-state index in [2.05, 4.69) is 35.0 Å². The average Bonchev–Trinajstić information content (AvgIpc) is 3.12. The molecule has 1 spiro atoms. The summed E-state index contributed by atoms with van der Waals surface area (Å²) in [6.07, 6.45) is 7.57. The van der Waals surface area contributed by atoms with Gasteiger partial charge in [0, 0.05) is 6.04 Å². The Morgan fingerprint density at radius 3 is 2.90 bits per heavy atom. The van der Waals surface area contributed by atoms with Gasteiger partial charge in [-0.15, -0.1) is 0 Å². The number of fused-ring (bicyclic) bond motifs is 2. The van der Waals surface area contributed by atoms with Crippen LogP contribution in [0.15, 0.2) is 23.2 Å². The van der Waals surface area contributed by atoms with Gasteiger partial charge in [0.05, 0.1) is 12.1 Å². The first-order valence-electron chi connectivity index (χ1n) is 7.90. The van der Waals surface area contributed by atoms with E-state index in [4.69, 9.17) is 5.73 Å². The van der Waals surface area contributed by atoms with Crippen molar-refractivity contribution in [2.45, 2.75) is 57.0 Å². The summed E-state index contributed by atoms with van der Waals surface area (Å²) in [5, 5.41) is 0. The number of benzene rings is 1. The molecule has 0 saturated heterocycles. The lowest BCUT2D eigenvalue weighted by Gasteiger charge is -2.41. The number of hydrogen-bond acceptors (Lipinski definition) is 3. The Hall–Kier alpha value is -1.51. The van der Waals surface area contributed by atoms with Crippen LogP contribution in [0.25, 0.3) is 0 Å². The molecule has 1 atom stereocenters. The molecule has 3 nitrogen and oxygen atoms in total. The van der Waals surface area contributed by atoms with Crippen LogP contribution in [0.1, 0.15) is 48.8 Å². The Bertz CT molecular complexity index is 572. The predicted molar refractivity (Wildman–Crippen MR) is 81.8 cm³/mol. The van der Waals surface area contributed by atoms with Gasteiger partial charge in [0.15, 0.2) is 5.96 Å². The highest BCUT2D eigenvalue weighted by Crippen LogP contribution is 2.47. The zero-order valence-electron chi connectivity index (χ0n) is 12.2. The van der Waals surface area contributed by atoms with E-state index in [-0.39, 0.29) is 5.54 Å². The van der Waals surface area contributed by atoms with Crippen molar-refractivity contribution in [3.05, 3.63) is 34.9 Å². The van der Waals surface area contributed by atoms with Crippen LogP contribution in [0.3, 0.4) is 0 Å². The molecule has 0 aromatic heterocycles. The number of rotatable bonds is 1. The lowest BCUT2D eigenvalue weighted by atomic mass is 9.88. The molecule has 2 aliphatic carbocycles. The highest BCUT2D eigenvalue weighted by molar-refractivity contribution is 5.82. The van der Waals surface area contributed by atoms with Gasteiger partial charge in [-0.1, -0.05) is 36.6 Å². The highest BCUT2D eigenvalue weighted by atomic mass is 15.4. The predicted octanol–water partition coefficient (Wildman–Crippen LogP) is 2.71. The van der Waals surface area contributed by atoms with Crippen molar-refractivity contribution in [2.75, 3.05) is 6.54 Å². The third kappa shape index (κ3) is 1.55. The molecular weight excluding hydrogens is 246 g/mol. The van der Waals surface area contributed by atoms with E-state index in [1.807, 2.05) is 0 Å². The maximum absolute atomic E-state index is 6.28. The highest BCUT2D eigenvalue weighted by Gasteiger charge is 2.50. The summed E-state index contributed by atoms with van der Waals surface area (Å²) in [5.74, 6) is 0.784. The molecule has 1 aromatic carbocycles. The van der Waals surface area contributed by atoms with E-state index in [1.165, 1.54) is 55.2 Å². The van der Waals surface area contributed by atoms with Crippen molar-refractivity contribution in [3.8, 4) is 0 Å². The van der Waals surface area contributed by atoms with Crippen LogP contribution in [0.2, 0.25) is 0 Å². The van der Waals surface area contributed by atoms with E-state index in [1.54, 1.807) is 0 Å². The van der Waals surface area contributed by atoms with Crippen LogP contribution in [0.4, 0.5) is 0 Å². The minimum absolute atomic E-state index is 0.0699. The maximum Gasteiger partial charge on any atom is 0.192 e. The van der Waals surface area contributed by atoms with E-state index >= 15 is 0 Å². The van der Waals surface area contributed by atoms with Gasteiger partial charge in [0.2, 0.25) is 0 Å². The molecule has 106 valence electrons. The second-order valence-corrected chi connectivity index (χ2v) is 6.67. The summed E-state index contributed by atoms with van der Waals surface area (Å²) in [6, 6.07) is 7.52. The zero-order chi connectivity index (χ0) is 13.7. The Balaban J connectivity index is 1.80. The van der Waals surface area contributed by atoms with Gasteiger partial charge in [0.1, 0.15) is 0 Å². The first-order chi connectivity index (χ1) is 9.71. The third-order valence-corrected chi connectivity index (χ3v) is 5.48. The van der Waals surface area contributed by atoms with Crippen molar-refractivity contribution >= 4 is 5.96 Å². The molecular formula is C17H23N3. The van der Waals surface area contributed by atoms with E-state index in [9.17, 15) is 0 Å². The molecule has 20 heavy (non-hydrogen) atoms. The third-order valence-electron chi connectivity index (χ3n) is 5.48. The first-order valence-corrected chi connectivity index (χ1v) is 7.90. The second-order valence-electron chi connectivity index (χ2n) is 6.67. The normalized spacial score (nSPS) is 29.2. The largest absolute Gasteiger partial charge is 0.370 e. The summed E-state index contributed by atoms with van der Waals surface area (Å²) < 4.78 is 0. The molecule has 2 N–H and O–H groups in total. The van der Waals surface area contributed by atoms with Crippen molar-refractivity contribution in [3.63, 3.8) is 0 Å². The Morgan fingerprint density at radius 1 is 1.30 bits per heavy atom. The fourth-order valence-corrected chi connectivity index (χ4v) is 4.51. The molecule has 1 fully saturated rings. The Kier molecular flexibility index (Phi) is 2.60. The summed E-state index contributed by atoms with van der Waals surface area (Å²) in [5.41, 5.74) is 10.7. The lowest BCUT2D eigenvalue weighted by Crippen LogP contribution is -2.52. The smallest absolute Gasteiger partial charge is 0.192 e. The summed E-state index contributed by atoms with van der Waals surface area (Å²) in [7, 11) is 0. The molecule has 3 aliphatic rings. The number of nitrogens with two attached hydrogens (primary N) is 1. The SMILES string of the molecule is Cc1ccc2c(c1)C1(CC2)CN=C(N)N1C1CCCC1. The van der Waals surface area contributed by atoms with Crippen molar-refractivity contribution in [1.82, 2.24) is 4.90 Å². The molecule has 1 heterocycles. The van der Waals surface area contributed by atoms with E-state index in [0.717, 1.165) is 12.5 Å². The molecule has 0 amide bonds. The summed E-state index contributed by atoms with van der Waals surface area (Å²) >= 11 is 0.